The molecule has 0 bridgehead atoms. The van der Waals surface area contributed by atoms with Gasteiger partial charge in [-0.15, -0.1) is 6.58 Å². The summed E-state index contributed by atoms with van der Waals surface area (Å²) in [7, 11) is 0. The summed E-state index contributed by atoms with van der Waals surface area (Å²) >= 11 is 0. The Hall–Kier alpha value is -1.08. The third-order valence-electron chi connectivity index (χ3n) is 3.26. The molecule has 1 nitrogen and oxygen atoms in total. The van der Waals surface area contributed by atoms with Crippen molar-refractivity contribution in [1.82, 2.24) is 0 Å². The summed E-state index contributed by atoms with van der Waals surface area (Å²) in [6.07, 6.45) is 4.80. The van der Waals surface area contributed by atoms with E-state index in [2.05, 4.69) is 18.7 Å². The largest absolute Gasteiger partial charge is 0.393 e. The lowest BCUT2D eigenvalue weighted by Gasteiger charge is -2.09. The van der Waals surface area contributed by atoms with Gasteiger partial charge in [-0.2, -0.15) is 0 Å². The number of benzene rings is 1. The van der Waals surface area contributed by atoms with Gasteiger partial charge in [-0.05, 0) is 36.7 Å². The lowest BCUT2D eigenvalue weighted by atomic mass is 10.0. The predicted octanol–water partition coefficient (Wildman–Crippen LogP) is 2.80. The number of aryl methyl sites for hydroxylation is 1. The van der Waals surface area contributed by atoms with Gasteiger partial charge in [0.2, 0.25) is 0 Å². The highest BCUT2D eigenvalue weighted by Crippen LogP contribution is 2.43. The van der Waals surface area contributed by atoms with E-state index in [-0.39, 0.29) is 6.10 Å². The van der Waals surface area contributed by atoms with Crippen LogP contribution >= 0.6 is 0 Å². The van der Waals surface area contributed by atoms with Crippen molar-refractivity contribution in [2.24, 2.45) is 11.8 Å². The number of hydrogen-bond donors (Lipinski definition) is 1. The second-order valence-electron chi connectivity index (χ2n) is 4.39. The van der Waals surface area contributed by atoms with Crippen molar-refractivity contribution >= 4 is 0 Å². The Morgan fingerprint density at radius 2 is 2.13 bits per heavy atom. The second kappa shape index (κ2) is 4.63. The van der Waals surface area contributed by atoms with Gasteiger partial charge in [0.25, 0.3) is 0 Å². The minimum absolute atomic E-state index is 0.145. The van der Waals surface area contributed by atoms with Gasteiger partial charge in [0, 0.05) is 0 Å². The average Bonchev–Trinajstić information content (AvgIpc) is 3.06. The number of hydrogen-bond acceptors (Lipinski definition) is 1. The lowest BCUT2D eigenvalue weighted by molar-refractivity contribution is 0.138. The van der Waals surface area contributed by atoms with Gasteiger partial charge in [0.15, 0.2) is 0 Å². The molecular formula is C14H18O. The summed E-state index contributed by atoms with van der Waals surface area (Å²) in [5.41, 5.74) is 1.31. The van der Waals surface area contributed by atoms with E-state index in [1.165, 1.54) is 5.56 Å². The fraction of sp³-hybridized carbons (Fsp3) is 0.429. The maximum Gasteiger partial charge on any atom is 0.0577 e. The number of aliphatic hydroxyl groups is 1. The minimum Gasteiger partial charge on any atom is -0.393 e. The number of allylic oxidation sites excluding steroid dienone is 1. The molecule has 80 valence electrons. The zero-order valence-corrected chi connectivity index (χ0v) is 8.97. The van der Waals surface area contributed by atoms with E-state index in [0.29, 0.717) is 11.8 Å². The molecule has 0 aromatic heterocycles. The third kappa shape index (κ3) is 2.69. The van der Waals surface area contributed by atoms with Crippen LogP contribution in [0.2, 0.25) is 0 Å². The molecule has 1 fully saturated rings. The van der Waals surface area contributed by atoms with Gasteiger partial charge >= 0.3 is 0 Å². The van der Waals surface area contributed by atoms with E-state index in [4.69, 9.17) is 0 Å². The Morgan fingerprint density at radius 1 is 1.40 bits per heavy atom. The van der Waals surface area contributed by atoms with Crippen molar-refractivity contribution in [3.63, 3.8) is 0 Å². The first-order chi connectivity index (χ1) is 7.31. The highest BCUT2D eigenvalue weighted by atomic mass is 16.3. The van der Waals surface area contributed by atoms with Crippen LogP contribution in [-0.2, 0) is 6.42 Å². The molecule has 1 N–H and O–H groups in total. The highest BCUT2D eigenvalue weighted by Gasteiger charge is 2.39. The van der Waals surface area contributed by atoms with Crippen molar-refractivity contribution in [1.29, 1.82) is 0 Å². The molecule has 0 radical (unpaired) electrons. The van der Waals surface area contributed by atoms with Crippen molar-refractivity contribution in [2.45, 2.75) is 25.4 Å². The first kappa shape index (κ1) is 10.4. The first-order valence-electron chi connectivity index (χ1n) is 5.66. The van der Waals surface area contributed by atoms with Crippen molar-refractivity contribution < 1.29 is 5.11 Å². The zero-order valence-electron chi connectivity index (χ0n) is 8.97. The molecule has 1 heteroatoms. The van der Waals surface area contributed by atoms with Gasteiger partial charge in [0.05, 0.1) is 6.10 Å². The number of aliphatic hydroxyl groups excluding tert-OH is 1. The van der Waals surface area contributed by atoms with E-state index < -0.39 is 0 Å². The van der Waals surface area contributed by atoms with Crippen molar-refractivity contribution in [2.75, 3.05) is 0 Å². The Kier molecular flexibility index (Phi) is 3.22. The normalized spacial score (nSPS) is 25.9. The van der Waals surface area contributed by atoms with Crippen LogP contribution < -0.4 is 0 Å². The van der Waals surface area contributed by atoms with Crippen LogP contribution in [0.3, 0.4) is 0 Å². The molecule has 1 saturated carbocycles. The summed E-state index contributed by atoms with van der Waals surface area (Å²) in [5.74, 6) is 1.04. The Balaban J connectivity index is 1.77. The molecule has 3 atom stereocenters. The van der Waals surface area contributed by atoms with Gasteiger partial charge < -0.3 is 5.11 Å². The van der Waals surface area contributed by atoms with E-state index in [0.717, 1.165) is 19.3 Å². The fourth-order valence-corrected chi connectivity index (χ4v) is 2.12. The molecule has 2 rings (SSSR count). The van der Waals surface area contributed by atoms with Gasteiger partial charge in [-0.1, -0.05) is 36.4 Å². The molecule has 1 aliphatic rings. The molecule has 0 saturated heterocycles. The third-order valence-corrected chi connectivity index (χ3v) is 3.26. The topological polar surface area (TPSA) is 20.2 Å². The Bertz CT molecular complexity index is 317. The molecule has 0 unspecified atom stereocenters. The van der Waals surface area contributed by atoms with E-state index in [9.17, 15) is 5.11 Å². The van der Waals surface area contributed by atoms with Crippen LogP contribution in [0.1, 0.15) is 18.4 Å². The van der Waals surface area contributed by atoms with E-state index in [1.807, 2.05) is 24.3 Å². The fourth-order valence-electron chi connectivity index (χ4n) is 2.12. The molecule has 1 aliphatic carbocycles. The van der Waals surface area contributed by atoms with Crippen LogP contribution in [0.4, 0.5) is 0 Å². The van der Waals surface area contributed by atoms with Gasteiger partial charge in [-0.3, -0.25) is 0 Å². The van der Waals surface area contributed by atoms with Crippen molar-refractivity contribution in [3.8, 4) is 0 Å². The van der Waals surface area contributed by atoms with Crippen LogP contribution in [0.5, 0.6) is 0 Å². The zero-order chi connectivity index (χ0) is 10.7. The standard InChI is InChI=1S/C14H18O/c1-2-12-10-13(12)14(15)9-8-11-6-4-3-5-7-11/h2-7,12-15H,1,8-10H2/t12-,13-,14-/m1/s1. The minimum atomic E-state index is -0.145. The molecular weight excluding hydrogens is 184 g/mol. The van der Waals surface area contributed by atoms with E-state index in [1.54, 1.807) is 0 Å². The molecule has 1 aromatic rings. The molecule has 0 spiro atoms. The molecule has 0 aliphatic heterocycles. The average molecular weight is 202 g/mol. The molecule has 0 heterocycles. The molecule has 1 aromatic carbocycles. The summed E-state index contributed by atoms with van der Waals surface area (Å²) < 4.78 is 0. The SMILES string of the molecule is C=C[C@@H]1C[C@H]1[C@H](O)CCc1ccccc1. The highest BCUT2D eigenvalue weighted by molar-refractivity contribution is 5.15. The maximum atomic E-state index is 9.90. The Morgan fingerprint density at radius 3 is 2.73 bits per heavy atom. The first-order valence-corrected chi connectivity index (χ1v) is 5.66. The van der Waals surface area contributed by atoms with Crippen LogP contribution in [0, 0.1) is 11.8 Å². The predicted molar refractivity (Wildman–Crippen MR) is 62.6 cm³/mol. The maximum absolute atomic E-state index is 9.90. The van der Waals surface area contributed by atoms with Gasteiger partial charge in [0.1, 0.15) is 0 Å². The lowest BCUT2D eigenvalue weighted by Crippen LogP contribution is -2.11. The van der Waals surface area contributed by atoms with Gasteiger partial charge in [-0.25, -0.2) is 0 Å². The number of rotatable bonds is 5. The van der Waals surface area contributed by atoms with E-state index >= 15 is 0 Å². The van der Waals surface area contributed by atoms with Crippen LogP contribution in [0.25, 0.3) is 0 Å². The monoisotopic (exact) mass is 202 g/mol. The summed E-state index contributed by atoms with van der Waals surface area (Å²) in [6, 6.07) is 10.3. The molecule has 0 amide bonds. The van der Waals surface area contributed by atoms with Crippen molar-refractivity contribution in [3.05, 3.63) is 48.6 Å². The smallest absolute Gasteiger partial charge is 0.0577 e. The van der Waals surface area contributed by atoms with Crippen LogP contribution in [-0.4, -0.2) is 11.2 Å². The summed E-state index contributed by atoms with van der Waals surface area (Å²) in [4.78, 5) is 0. The quantitative estimate of drug-likeness (QED) is 0.728. The second-order valence-corrected chi connectivity index (χ2v) is 4.39. The summed E-state index contributed by atoms with van der Waals surface area (Å²) in [6.45, 7) is 3.76. The Labute approximate surface area is 91.4 Å². The van der Waals surface area contributed by atoms with Crippen LogP contribution in [0.15, 0.2) is 43.0 Å². The molecule has 15 heavy (non-hydrogen) atoms. The summed E-state index contributed by atoms with van der Waals surface area (Å²) in [5, 5.41) is 9.90.